The van der Waals surface area contributed by atoms with E-state index in [4.69, 9.17) is 4.74 Å². The van der Waals surface area contributed by atoms with E-state index in [0.717, 1.165) is 37.0 Å². The Bertz CT molecular complexity index is 533. The normalized spacial score (nSPS) is 29.8. The number of hydrogen-bond donors (Lipinski definition) is 0. The lowest BCUT2D eigenvalue weighted by Crippen LogP contribution is -2.35. The molecule has 0 aromatic heterocycles. The molecule has 0 N–H and O–H groups in total. The van der Waals surface area contributed by atoms with Crippen LogP contribution in [0.25, 0.3) is 0 Å². The molecule has 4 unspecified atom stereocenters. The Labute approximate surface area is 147 Å². The summed E-state index contributed by atoms with van der Waals surface area (Å²) in [5.74, 6) is 3.37. The van der Waals surface area contributed by atoms with Crippen molar-refractivity contribution in [3.05, 3.63) is 29.8 Å². The predicted molar refractivity (Wildman–Crippen MR) is 98.0 cm³/mol. The van der Waals surface area contributed by atoms with Crippen molar-refractivity contribution < 1.29 is 9.53 Å². The molecule has 3 rings (SSSR count). The molecular formula is C22H32O2. The van der Waals surface area contributed by atoms with Crippen molar-refractivity contribution in [3.63, 3.8) is 0 Å². The molecule has 0 radical (unpaired) electrons. The Morgan fingerprint density at radius 3 is 2.42 bits per heavy atom. The van der Waals surface area contributed by atoms with E-state index < -0.39 is 0 Å². The van der Waals surface area contributed by atoms with Crippen molar-refractivity contribution in [1.82, 2.24) is 0 Å². The van der Waals surface area contributed by atoms with Crippen LogP contribution in [0.2, 0.25) is 0 Å². The van der Waals surface area contributed by atoms with Gasteiger partial charge in [-0.15, -0.1) is 0 Å². The number of benzene rings is 1. The lowest BCUT2D eigenvalue weighted by molar-refractivity contribution is -0.141. The van der Waals surface area contributed by atoms with Gasteiger partial charge in [-0.25, -0.2) is 0 Å². The van der Waals surface area contributed by atoms with Crippen molar-refractivity contribution in [2.24, 2.45) is 23.7 Å². The zero-order chi connectivity index (χ0) is 16.9. The number of rotatable bonds is 5. The monoisotopic (exact) mass is 328 g/mol. The summed E-state index contributed by atoms with van der Waals surface area (Å²) in [7, 11) is 0. The first kappa shape index (κ1) is 17.5. The zero-order valence-corrected chi connectivity index (χ0v) is 15.3. The number of aryl methyl sites for hydroxylation is 1. The molecule has 2 heteroatoms. The van der Waals surface area contributed by atoms with Gasteiger partial charge in [-0.3, -0.25) is 4.79 Å². The molecule has 0 aliphatic heterocycles. The van der Waals surface area contributed by atoms with Crippen LogP contribution in [0.15, 0.2) is 24.3 Å². The van der Waals surface area contributed by atoms with Crippen LogP contribution in [0.5, 0.6) is 5.75 Å². The van der Waals surface area contributed by atoms with Crippen LogP contribution in [0, 0.1) is 23.7 Å². The van der Waals surface area contributed by atoms with E-state index in [-0.39, 0.29) is 11.9 Å². The van der Waals surface area contributed by atoms with E-state index in [1.807, 2.05) is 12.1 Å². The molecule has 1 aromatic carbocycles. The zero-order valence-electron chi connectivity index (χ0n) is 15.3. The average molecular weight is 328 g/mol. The lowest BCUT2D eigenvalue weighted by atomic mass is 9.64. The smallest absolute Gasteiger partial charge is 0.314 e. The van der Waals surface area contributed by atoms with Crippen LogP contribution in [0.3, 0.4) is 0 Å². The van der Waals surface area contributed by atoms with Crippen molar-refractivity contribution >= 4 is 5.97 Å². The molecule has 2 aliphatic carbocycles. The molecule has 0 saturated heterocycles. The summed E-state index contributed by atoms with van der Waals surface area (Å²) in [6, 6.07) is 7.96. The van der Waals surface area contributed by atoms with E-state index in [1.54, 1.807) is 0 Å². The maximum absolute atomic E-state index is 12.5. The third kappa shape index (κ3) is 4.20. The van der Waals surface area contributed by atoms with Crippen molar-refractivity contribution in [3.8, 4) is 5.75 Å². The van der Waals surface area contributed by atoms with Crippen LogP contribution >= 0.6 is 0 Å². The highest BCUT2D eigenvalue weighted by Crippen LogP contribution is 2.45. The van der Waals surface area contributed by atoms with E-state index in [9.17, 15) is 4.79 Å². The second-order valence-electron chi connectivity index (χ2n) is 7.92. The molecule has 2 saturated carbocycles. The van der Waals surface area contributed by atoms with Gasteiger partial charge in [0.2, 0.25) is 0 Å². The Balaban J connectivity index is 1.52. The van der Waals surface area contributed by atoms with Gasteiger partial charge >= 0.3 is 5.97 Å². The lowest BCUT2D eigenvalue weighted by Gasteiger charge is -2.41. The number of fused-ring (bicyclic) bond motifs is 1. The van der Waals surface area contributed by atoms with E-state index in [1.165, 1.54) is 44.1 Å². The highest BCUT2D eigenvalue weighted by Gasteiger charge is 2.38. The Morgan fingerprint density at radius 2 is 1.71 bits per heavy atom. The molecule has 1 aromatic rings. The third-order valence-corrected chi connectivity index (χ3v) is 6.30. The minimum absolute atomic E-state index is 0.00613. The topological polar surface area (TPSA) is 26.3 Å². The number of hydrogen-bond acceptors (Lipinski definition) is 2. The highest BCUT2D eigenvalue weighted by atomic mass is 16.5. The minimum Gasteiger partial charge on any atom is -0.426 e. The van der Waals surface area contributed by atoms with Crippen LogP contribution in [0.4, 0.5) is 0 Å². The molecule has 0 amide bonds. The van der Waals surface area contributed by atoms with Gasteiger partial charge in [-0.05, 0) is 74.0 Å². The Kier molecular flexibility index (Phi) is 5.97. The van der Waals surface area contributed by atoms with Crippen LogP contribution in [-0.2, 0) is 11.2 Å². The van der Waals surface area contributed by atoms with E-state index in [0.29, 0.717) is 5.75 Å². The average Bonchev–Trinajstić information content (AvgIpc) is 2.62. The molecule has 2 fully saturated rings. The standard InChI is InChI=1S/C22H32O2/c1-3-5-17-6-9-19-15-20(11-10-18(19)14-17)22(23)24-21-12-7-16(4-2)8-13-21/h7-8,12-13,17-20H,3-6,9-11,14-15H2,1-2H3. The van der Waals surface area contributed by atoms with Crippen LogP contribution < -0.4 is 4.74 Å². The van der Waals surface area contributed by atoms with E-state index >= 15 is 0 Å². The molecular weight excluding hydrogens is 296 g/mol. The fourth-order valence-corrected chi connectivity index (χ4v) is 4.86. The Morgan fingerprint density at radius 1 is 1.00 bits per heavy atom. The van der Waals surface area contributed by atoms with Gasteiger partial charge in [0.05, 0.1) is 5.92 Å². The molecule has 0 spiro atoms. The molecule has 4 atom stereocenters. The van der Waals surface area contributed by atoms with Gasteiger partial charge in [0.15, 0.2) is 0 Å². The van der Waals surface area contributed by atoms with Gasteiger partial charge in [0, 0.05) is 0 Å². The summed E-state index contributed by atoms with van der Waals surface area (Å²) in [4.78, 5) is 12.5. The fraction of sp³-hybridized carbons (Fsp3) is 0.682. The minimum atomic E-state index is -0.00613. The van der Waals surface area contributed by atoms with Crippen molar-refractivity contribution in [1.29, 1.82) is 0 Å². The summed E-state index contributed by atoms with van der Waals surface area (Å²) in [5, 5.41) is 0. The molecule has 0 bridgehead atoms. The predicted octanol–water partition coefficient (Wildman–Crippen LogP) is 5.79. The summed E-state index contributed by atoms with van der Waals surface area (Å²) in [6.45, 7) is 4.43. The van der Waals surface area contributed by atoms with E-state index in [2.05, 4.69) is 26.0 Å². The van der Waals surface area contributed by atoms with Gasteiger partial charge < -0.3 is 4.74 Å². The summed E-state index contributed by atoms with van der Waals surface area (Å²) in [6.07, 6.45) is 11.1. The number of carbonyl (C=O) groups is 1. The first-order chi connectivity index (χ1) is 11.7. The summed E-state index contributed by atoms with van der Waals surface area (Å²) >= 11 is 0. The number of carbonyl (C=O) groups excluding carboxylic acids is 1. The highest BCUT2D eigenvalue weighted by molar-refractivity contribution is 5.75. The third-order valence-electron chi connectivity index (χ3n) is 6.30. The van der Waals surface area contributed by atoms with Crippen LogP contribution in [0.1, 0.15) is 70.8 Å². The molecule has 132 valence electrons. The molecule has 0 heterocycles. The van der Waals surface area contributed by atoms with Gasteiger partial charge in [0.1, 0.15) is 5.75 Å². The summed E-state index contributed by atoms with van der Waals surface area (Å²) < 4.78 is 5.65. The van der Waals surface area contributed by atoms with Gasteiger partial charge in [0.25, 0.3) is 0 Å². The maximum atomic E-state index is 12.5. The van der Waals surface area contributed by atoms with Crippen LogP contribution in [-0.4, -0.2) is 5.97 Å². The first-order valence-electron chi connectivity index (χ1n) is 10.00. The number of ether oxygens (including phenoxy) is 1. The molecule has 2 nitrogen and oxygen atoms in total. The largest absolute Gasteiger partial charge is 0.426 e. The molecule has 24 heavy (non-hydrogen) atoms. The maximum Gasteiger partial charge on any atom is 0.314 e. The second-order valence-corrected chi connectivity index (χ2v) is 7.92. The molecule has 2 aliphatic rings. The SMILES string of the molecule is CCCC1CCC2CC(C(=O)Oc3ccc(CC)cc3)CCC2C1. The fourth-order valence-electron chi connectivity index (χ4n) is 4.86. The van der Waals surface area contributed by atoms with Crippen molar-refractivity contribution in [2.75, 3.05) is 0 Å². The van der Waals surface area contributed by atoms with Gasteiger partial charge in [-0.2, -0.15) is 0 Å². The van der Waals surface area contributed by atoms with Gasteiger partial charge in [-0.1, -0.05) is 45.2 Å². The number of esters is 1. The summed E-state index contributed by atoms with van der Waals surface area (Å²) in [5.41, 5.74) is 1.28. The first-order valence-corrected chi connectivity index (χ1v) is 10.00. The van der Waals surface area contributed by atoms with Crippen molar-refractivity contribution in [2.45, 2.75) is 71.6 Å². The quantitative estimate of drug-likeness (QED) is 0.505. The Hall–Kier alpha value is -1.31. The second kappa shape index (κ2) is 8.18.